The molecule has 5 aromatic rings. The molecule has 0 bridgehead atoms. The van der Waals surface area contributed by atoms with Crippen molar-refractivity contribution in [1.29, 1.82) is 0 Å². The Morgan fingerprint density at radius 3 is 1.11 bits per heavy atom. The highest BCUT2D eigenvalue weighted by Gasteiger charge is 2.30. The number of carbonyl (C=O) groups is 2. The molecule has 0 aliphatic carbocycles. The van der Waals surface area contributed by atoms with Crippen molar-refractivity contribution in [3.63, 3.8) is 0 Å². The van der Waals surface area contributed by atoms with Gasteiger partial charge in [-0.2, -0.15) is 0 Å². The largest absolute Gasteiger partial charge is 0.478 e. The summed E-state index contributed by atoms with van der Waals surface area (Å²) in [4.78, 5) is 26.1. The van der Waals surface area contributed by atoms with Crippen molar-refractivity contribution in [2.75, 3.05) is 0 Å². The molecule has 0 radical (unpaired) electrons. The average Bonchev–Trinajstić information content (AvgIpc) is 3.13. The highest BCUT2D eigenvalue weighted by atomic mass is 16.4. The number of carboxylic acids is 2. The number of aromatic carboxylic acids is 2. The third-order valence-corrected chi connectivity index (χ3v) is 12.0. The van der Waals surface area contributed by atoms with Gasteiger partial charge in [0.25, 0.3) is 0 Å². The van der Waals surface area contributed by atoms with Crippen LogP contribution in [0.2, 0.25) is 0 Å². The molecule has 5 rings (SSSR count). The third-order valence-electron chi connectivity index (χ3n) is 12.0. The summed E-state index contributed by atoms with van der Waals surface area (Å²) < 4.78 is 0. The minimum Gasteiger partial charge on any atom is -0.478 e. The summed E-state index contributed by atoms with van der Waals surface area (Å²) in [6.45, 7) is 22.5. The van der Waals surface area contributed by atoms with Crippen LogP contribution in [0.15, 0.2) is 12.1 Å². The van der Waals surface area contributed by atoms with Crippen LogP contribution >= 0.6 is 0 Å². The number of hydrogen-bond acceptors (Lipinski definition) is 2. The lowest BCUT2D eigenvalue weighted by molar-refractivity contribution is 0.0650. The number of rotatable bonds is 18. The van der Waals surface area contributed by atoms with Gasteiger partial charge >= 0.3 is 11.9 Å². The molecule has 2 N–H and O–H groups in total. The first-order chi connectivity index (χ1) is 26.0. The molecule has 0 amide bonds. The second-order valence-electron chi connectivity index (χ2n) is 15.9. The van der Waals surface area contributed by atoms with E-state index in [4.69, 9.17) is 0 Å². The molecule has 0 saturated carbocycles. The van der Waals surface area contributed by atoms with Crippen molar-refractivity contribution < 1.29 is 19.8 Å². The molecule has 5 aromatic carbocycles. The quantitative estimate of drug-likeness (QED) is 0.0880. The maximum atomic E-state index is 13.1. The van der Waals surface area contributed by atoms with Crippen molar-refractivity contribution in [2.45, 2.75) is 172 Å². The summed E-state index contributed by atoms with van der Waals surface area (Å²) in [7, 11) is 0. The SMILES string of the molecule is CCCc1c(CCC)c(CCC)c2c(C)c3c(CCC)c4c(C)c5c(CCC)c(C(=O)O)c(C(=O)O)c(CCC)c5cc4c(CCC)c3cc2c1CCC. The lowest BCUT2D eigenvalue weighted by Gasteiger charge is -2.28. The Morgan fingerprint density at radius 2 is 0.648 bits per heavy atom. The van der Waals surface area contributed by atoms with E-state index in [9.17, 15) is 19.8 Å². The third kappa shape index (κ3) is 6.92. The normalized spacial score (nSPS) is 11.9. The van der Waals surface area contributed by atoms with Gasteiger partial charge in [0, 0.05) is 0 Å². The molecule has 0 unspecified atom stereocenters. The molecule has 290 valence electrons. The maximum absolute atomic E-state index is 13.1. The zero-order valence-electron chi connectivity index (χ0n) is 35.2. The molecule has 54 heavy (non-hydrogen) atoms. The molecule has 4 nitrogen and oxygen atoms in total. The second-order valence-corrected chi connectivity index (χ2v) is 15.9. The topological polar surface area (TPSA) is 74.6 Å². The zero-order valence-corrected chi connectivity index (χ0v) is 35.2. The van der Waals surface area contributed by atoms with E-state index < -0.39 is 11.9 Å². The number of benzene rings is 5. The minimum atomic E-state index is -1.15. The van der Waals surface area contributed by atoms with Crippen molar-refractivity contribution in [3.05, 3.63) is 78.9 Å². The van der Waals surface area contributed by atoms with Gasteiger partial charge in [-0.25, -0.2) is 9.59 Å². The van der Waals surface area contributed by atoms with E-state index in [1.807, 2.05) is 0 Å². The summed E-state index contributed by atoms with van der Waals surface area (Å²) in [6.07, 6.45) is 15.2. The fourth-order valence-corrected chi connectivity index (χ4v) is 10.3. The van der Waals surface area contributed by atoms with Gasteiger partial charge in [-0.3, -0.25) is 0 Å². The molecular formula is C50H66O4. The maximum Gasteiger partial charge on any atom is 0.336 e. The van der Waals surface area contributed by atoms with Crippen LogP contribution in [0.1, 0.15) is 183 Å². The summed E-state index contributed by atoms with van der Waals surface area (Å²) in [5.74, 6) is -2.29. The molecule has 4 heteroatoms. The lowest BCUT2D eigenvalue weighted by atomic mass is 9.76. The minimum absolute atomic E-state index is 0.0180. The molecule has 0 aromatic heterocycles. The van der Waals surface area contributed by atoms with Gasteiger partial charge < -0.3 is 10.2 Å². The van der Waals surface area contributed by atoms with Crippen LogP contribution < -0.4 is 0 Å². The van der Waals surface area contributed by atoms with Gasteiger partial charge in [-0.05, 0) is 176 Å². The van der Waals surface area contributed by atoms with Gasteiger partial charge in [-0.15, -0.1) is 0 Å². The van der Waals surface area contributed by atoms with E-state index in [1.54, 1.807) is 22.3 Å². The van der Waals surface area contributed by atoms with Crippen molar-refractivity contribution in [3.8, 4) is 0 Å². The fourth-order valence-electron chi connectivity index (χ4n) is 10.3. The first-order valence-electron chi connectivity index (χ1n) is 21.5. The Hall–Kier alpha value is -3.92. The Kier molecular flexibility index (Phi) is 13.5. The molecule has 0 atom stereocenters. The first kappa shape index (κ1) is 41.2. The van der Waals surface area contributed by atoms with E-state index in [1.165, 1.54) is 49.0 Å². The zero-order chi connectivity index (χ0) is 39.4. The molecule has 0 saturated heterocycles. The second kappa shape index (κ2) is 17.7. The van der Waals surface area contributed by atoms with Crippen LogP contribution in [-0.2, 0) is 51.4 Å². The Morgan fingerprint density at radius 1 is 0.370 bits per heavy atom. The summed E-state index contributed by atoms with van der Waals surface area (Å²) >= 11 is 0. The standard InChI is InChI=1S/C50H66O4/c1-11-19-31-32(20-12-2)35(23-15-5)43-29(9)44-37(25-17-7)45-30(10)46-38(26-18-8)48(50(53)54)47(49(51)52)36(24-16-6)42(46)28-41(45)34(22-14-4)40(44)27-39(43)33(31)21-13-3/h27-28H,11-26H2,1-10H3,(H,51,52)(H,53,54). The van der Waals surface area contributed by atoms with Gasteiger partial charge in [0.15, 0.2) is 0 Å². The van der Waals surface area contributed by atoms with Crippen LogP contribution in [0.3, 0.4) is 0 Å². The van der Waals surface area contributed by atoms with Crippen LogP contribution in [0.5, 0.6) is 0 Å². The highest BCUT2D eigenvalue weighted by Crippen LogP contribution is 2.47. The van der Waals surface area contributed by atoms with Crippen molar-refractivity contribution in [1.82, 2.24) is 0 Å². The number of aryl methyl sites for hydroxylation is 8. The van der Waals surface area contributed by atoms with Crippen LogP contribution in [0.25, 0.3) is 43.1 Å². The van der Waals surface area contributed by atoms with Gasteiger partial charge in [-0.1, -0.05) is 107 Å². The van der Waals surface area contributed by atoms with Crippen LogP contribution in [-0.4, -0.2) is 22.2 Å². The Balaban J connectivity index is 2.21. The Labute approximate surface area is 324 Å². The lowest BCUT2D eigenvalue weighted by Crippen LogP contribution is -2.16. The smallest absolute Gasteiger partial charge is 0.336 e. The summed E-state index contributed by atoms with van der Waals surface area (Å²) in [5, 5.41) is 31.4. The number of hydrogen-bond donors (Lipinski definition) is 2. The molecule has 0 heterocycles. The van der Waals surface area contributed by atoms with E-state index in [-0.39, 0.29) is 11.1 Å². The van der Waals surface area contributed by atoms with Gasteiger partial charge in [0.1, 0.15) is 0 Å². The number of fused-ring (bicyclic) bond motifs is 4. The fraction of sp³-hybridized carbons (Fsp3) is 0.520. The van der Waals surface area contributed by atoms with Crippen molar-refractivity contribution in [2.24, 2.45) is 0 Å². The van der Waals surface area contributed by atoms with E-state index in [2.05, 4.69) is 81.4 Å². The molecule has 0 aliphatic heterocycles. The van der Waals surface area contributed by atoms with E-state index in [0.29, 0.717) is 24.0 Å². The first-order valence-corrected chi connectivity index (χ1v) is 21.5. The Bertz CT molecular complexity index is 2240. The van der Waals surface area contributed by atoms with Gasteiger partial charge in [0.05, 0.1) is 11.1 Å². The molecule has 0 aliphatic rings. The van der Waals surface area contributed by atoms with E-state index >= 15 is 0 Å². The van der Waals surface area contributed by atoms with Gasteiger partial charge in [0.2, 0.25) is 0 Å². The monoisotopic (exact) mass is 730 g/mol. The summed E-state index contributed by atoms with van der Waals surface area (Å²) in [5.41, 5.74) is 12.9. The van der Waals surface area contributed by atoms with Crippen molar-refractivity contribution >= 4 is 55.0 Å². The molecule has 0 fully saturated rings. The van der Waals surface area contributed by atoms with E-state index in [0.717, 1.165) is 106 Å². The van der Waals surface area contributed by atoms with Crippen LogP contribution in [0, 0.1) is 13.8 Å². The molecule has 0 spiro atoms. The predicted octanol–water partition coefficient (Wildman–Crippen LogP) is 13.9. The predicted molar refractivity (Wildman–Crippen MR) is 232 cm³/mol. The number of carboxylic acid groups (broad SMARTS) is 2. The average molecular weight is 731 g/mol. The highest BCUT2D eigenvalue weighted by molar-refractivity contribution is 6.20. The summed E-state index contributed by atoms with van der Waals surface area (Å²) in [6, 6.07) is 4.89. The van der Waals surface area contributed by atoms with Crippen LogP contribution in [0.4, 0.5) is 0 Å². The molecular weight excluding hydrogens is 665 g/mol.